The predicted octanol–water partition coefficient (Wildman–Crippen LogP) is 29.1. The van der Waals surface area contributed by atoms with Crippen LogP contribution in [-0.4, -0.2) is 10.9 Å². The highest BCUT2D eigenvalue weighted by Gasteiger charge is 2.15. The van der Waals surface area contributed by atoms with Crippen LogP contribution >= 0.6 is 11.3 Å². The first kappa shape index (κ1) is 93.9. The lowest BCUT2D eigenvalue weighted by atomic mass is 9.88. The molecule has 0 aliphatic heterocycles. The van der Waals surface area contributed by atoms with E-state index >= 15 is 0 Å². The molecule has 0 unspecified atom stereocenters. The Balaban J connectivity index is 0.00000110. The van der Waals surface area contributed by atoms with E-state index in [1.54, 1.807) is 42.2 Å². The fourth-order valence-electron chi connectivity index (χ4n) is 9.44. The molecule has 0 fully saturated rings. The van der Waals surface area contributed by atoms with E-state index in [-0.39, 0.29) is 16.7 Å². The lowest BCUT2D eigenvalue weighted by molar-refractivity contribution is 0.1000. The number of primary amides is 1. The number of carbonyl (C=O) groups is 1. The van der Waals surface area contributed by atoms with Crippen molar-refractivity contribution in [3.05, 3.63) is 290 Å². The minimum atomic E-state index is -0.370. The molecule has 3 heterocycles. The summed E-state index contributed by atoms with van der Waals surface area (Å²) in [6, 6.07) is 65.1. The number of amides is 1. The molecule has 1 amide bonds. The van der Waals surface area contributed by atoms with E-state index < -0.39 is 0 Å². The number of hydrogen-bond acceptors (Lipinski definition) is 4. The average molecular weight is 1390 g/mol. The van der Waals surface area contributed by atoms with Crippen LogP contribution in [0.4, 0.5) is 0 Å². The highest BCUT2D eigenvalue weighted by atomic mass is 32.1. The fourth-order valence-corrected chi connectivity index (χ4v) is 10.3. The van der Waals surface area contributed by atoms with Crippen molar-refractivity contribution in [2.45, 2.75) is 274 Å². The number of aromatic nitrogens is 1. The van der Waals surface area contributed by atoms with Gasteiger partial charge in [-0.2, -0.15) is 11.3 Å². The molecule has 5 heteroatoms. The first-order valence-electron chi connectivity index (χ1n) is 37.6. The Morgan fingerprint density at radius 2 is 0.871 bits per heavy atom. The smallest absolute Gasteiger partial charge is 0.248 e. The molecule has 0 aliphatic carbocycles. The molecule has 0 spiro atoms. The van der Waals surface area contributed by atoms with Gasteiger partial charge >= 0.3 is 0 Å². The third-order valence-electron chi connectivity index (χ3n) is 15.8. The van der Waals surface area contributed by atoms with Gasteiger partial charge in [0.05, 0.1) is 12.5 Å². The number of nitrogens with zero attached hydrogens (tertiary/aromatic N) is 1. The van der Waals surface area contributed by atoms with Gasteiger partial charge in [-0.05, 0) is 200 Å². The first-order valence-corrected chi connectivity index (χ1v) is 38.5. The molecular formula is C96H144N2O2S. The molecule has 2 N–H and O–H groups in total. The first-order chi connectivity index (χ1) is 47.0. The second-order valence-electron chi connectivity index (χ2n) is 34.3. The maximum absolute atomic E-state index is 10.7. The molecule has 3 aromatic heterocycles. The maximum atomic E-state index is 10.7. The molecule has 0 saturated carbocycles. The lowest BCUT2D eigenvalue weighted by Crippen LogP contribution is -2.10. The Hall–Kier alpha value is -7.08. The monoisotopic (exact) mass is 1390 g/mol. The van der Waals surface area contributed by atoms with Crippen molar-refractivity contribution in [3.8, 4) is 0 Å². The Bertz CT molecular complexity index is 3290. The summed E-state index contributed by atoms with van der Waals surface area (Å²) in [6.07, 6.45) is 17.3. The number of rotatable bonds is 13. The van der Waals surface area contributed by atoms with Gasteiger partial charge in [-0.15, -0.1) is 0 Å². The number of benzene rings is 6. The standard InChI is InChI=1S/C12H18.3C11H16.C10H13NO.C9H13N.C9H12.C8H12O.C8H18.C7H10S/c1-12(2,3)10-9-11-7-5-4-6-8-11;2*1-9(2)8-11-6-4-10(3)5-7-11;1-11(2,3)9-10-7-5-4-6-8-10;1-7(2)8-3-5-9(6-4-8)10(11)12;1-9(2,3)8-5-4-6-10-7-8;1-8(2)9-6-4-3-5-7-9;1-8(2,3)7-4-5-9-6-7;1-5-6-7-8(2,3)4;1-6(2)7-3-4-8-5-7/h4-8H,9-10H2,1-3H3;2*4-7,9H,8H2,1-3H3;4-8H,9H2,1-3H3;3-7H,1-2H3,(H2,11,12);4-7H,1-3H3;3-8H,1-2H3;4-6H,1-3H3;5-7H2,1-4H3;3-6H,1-2H3. The van der Waals surface area contributed by atoms with E-state index in [4.69, 9.17) is 10.2 Å². The van der Waals surface area contributed by atoms with Crippen LogP contribution in [0.25, 0.3) is 0 Å². The summed E-state index contributed by atoms with van der Waals surface area (Å²) >= 11 is 1.77. The normalized spacial score (nSPS) is 11.0. The van der Waals surface area contributed by atoms with Crippen LogP contribution in [0, 0.1) is 41.9 Å². The third kappa shape index (κ3) is 52.5. The predicted molar refractivity (Wildman–Crippen MR) is 451 cm³/mol. The van der Waals surface area contributed by atoms with Crippen LogP contribution in [0.2, 0.25) is 0 Å². The van der Waals surface area contributed by atoms with E-state index in [9.17, 15) is 4.79 Å². The molecule has 6 aromatic carbocycles. The minimum Gasteiger partial charge on any atom is -0.472 e. The number of aryl methyl sites for hydroxylation is 3. The Labute approximate surface area is 625 Å². The van der Waals surface area contributed by atoms with Crippen LogP contribution < -0.4 is 5.73 Å². The summed E-state index contributed by atoms with van der Waals surface area (Å²) in [7, 11) is 0. The molecule has 0 bridgehead atoms. The second-order valence-corrected chi connectivity index (χ2v) is 35.1. The summed E-state index contributed by atoms with van der Waals surface area (Å²) in [5, 5.41) is 4.32. The molecule has 0 radical (unpaired) electrons. The SMILES string of the molecule is CC(C)(C)CCc1ccccc1.CC(C)(C)Cc1ccccc1.CC(C)(C)c1cccnc1.CC(C)(C)c1ccoc1.CC(C)c1ccc(C(N)=O)cc1.CC(C)c1ccccc1.CC(C)c1ccsc1.CCCCC(C)(C)C.Cc1ccc(CC(C)C)cc1.Cc1ccc(CC(C)C)cc1. The van der Waals surface area contributed by atoms with Gasteiger partial charge in [0.25, 0.3) is 0 Å². The Kier molecular flexibility index (Phi) is 46.8. The number of nitrogens with two attached hydrogens (primary N) is 1. The van der Waals surface area contributed by atoms with Gasteiger partial charge in [0, 0.05) is 18.0 Å². The highest BCUT2D eigenvalue weighted by Crippen LogP contribution is 2.25. The molecule has 9 aromatic rings. The number of thiophene rings is 1. The zero-order valence-corrected chi connectivity index (χ0v) is 70.0. The topological polar surface area (TPSA) is 69.1 Å². The zero-order chi connectivity index (χ0) is 76.8. The van der Waals surface area contributed by atoms with Crippen molar-refractivity contribution in [1.29, 1.82) is 0 Å². The van der Waals surface area contributed by atoms with Crippen molar-refractivity contribution < 1.29 is 9.21 Å². The van der Waals surface area contributed by atoms with Crippen LogP contribution in [0.5, 0.6) is 0 Å². The largest absolute Gasteiger partial charge is 0.472 e. The molecule has 0 atom stereocenters. The summed E-state index contributed by atoms with van der Waals surface area (Å²) in [4.78, 5) is 14.8. The Morgan fingerprint density at radius 1 is 0.446 bits per heavy atom. The van der Waals surface area contributed by atoms with Crippen LogP contribution in [-0.2, 0) is 36.5 Å². The third-order valence-corrected chi connectivity index (χ3v) is 16.5. The summed E-state index contributed by atoms with van der Waals surface area (Å²) in [5.41, 5.74) is 22.6. The van der Waals surface area contributed by atoms with Gasteiger partial charge in [0.1, 0.15) is 0 Å². The molecule has 0 aliphatic rings. The average Bonchev–Trinajstić information content (AvgIpc) is 1.17. The van der Waals surface area contributed by atoms with E-state index in [0.717, 1.165) is 18.3 Å². The van der Waals surface area contributed by atoms with E-state index in [1.165, 1.54) is 106 Å². The number of carbonyl (C=O) groups excluding carboxylic acids is 1. The molecule has 101 heavy (non-hydrogen) atoms. The maximum Gasteiger partial charge on any atom is 0.248 e. The summed E-state index contributed by atoms with van der Waals surface area (Å²) < 4.78 is 4.94. The van der Waals surface area contributed by atoms with Crippen molar-refractivity contribution in [3.63, 3.8) is 0 Å². The quantitative estimate of drug-likeness (QED) is 0.125. The molecule has 556 valence electrons. The second kappa shape index (κ2) is 50.3. The van der Waals surface area contributed by atoms with Crippen LogP contribution in [0.3, 0.4) is 0 Å². The highest BCUT2D eigenvalue weighted by molar-refractivity contribution is 7.08. The Morgan fingerprint density at radius 3 is 1.15 bits per heavy atom. The molecule has 4 nitrogen and oxygen atoms in total. The molecule has 9 rings (SSSR count). The number of pyridine rings is 1. The van der Waals surface area contributed by atoms with Gasteiger partial charge in [0.15, 0.2) is 0 Å². The van der Waals surface area contributed by atoms with E-state index in [2.05, 4.69) is 355 Å². The van der Waals surface area contributed by atoms with Crippen LogP contribution in [0.1, 0.15) is 295 Å². The lowest BCUT2D eigenvalue weighted by Gasteiger charge is -2.17. The van der Waals surface area contributed by atoms with Crippen molar-refractivity contribution in [2.75, 3.05) is 0 Å². The van der Waals surface area contributed by atoms with Crippen molar-refractivity contribution in [1.82, 2.24) is 4.98 Å². The van der Waals surface area contributed by atoms with E-state index in [0.29, 0.717) is 39.6 Å². The fraction of sp³-hybridized carbons (Fsp3) is 0.479. The van der Waals surface area contributed by atoms with Crippen molar-refractivity contribution in [2.24, 2.45) is 33.8 Å². The van der Waals surface area contributed by atoms with Crippen molar-refractivity contribution >= 4 is 17.2 Å². The minimum absolute atomic E-state index is 0.229. The van der Waals surface area contributed by atoms with Gasteiger partial charge < -0.3 is 10.2 Å². The zero-order valence-electron chi connectivity index (χ0n) is 69.2. The number of furan rings is 1. The van der Waals surface area contributed by atoms with E-state index in [1.807, 2.05) is 36.5 Å². The number of unbranched alkanes of at least 4 members (excludes halogenated alkanes) is 1. The summed E-state index contributed by atoms with van der Waals surface area (Å²) in [6.45, 7) is 62.1. The molecular weight excluding hydrogens is 1250 g/mol. The van der Waals surface area contributed by atoms with Gasteiger partial charge in [-0.25, -0.2) is 0 Å². The van der Waals surface area contributed by atoms with Crippen LogP contribution in [0.15, 0.2) is 228 Å². The van der Waals surface area contributed by atoms with Gasteiger partial charge in [-0.3, -0.25) is 9.78 Å². The summed E-state index contributed by atoms with van der Waals surface area (Å²) in [5.74, 6) is 3.00. The van der Waals surface area contributed by atoms with Gasteiger partial charge in [0.2, 0.25) is 5.91 Å². The van der Waals surface area contributed by atoms with Gasteiger partial charge in [-0.1, -0.05) is 362 Å². The molecule has 0 saturated heterocycles. The number of hydrogen-bond donors (Lipinski definition) is 1.